The van der Waals surface area contributed by atoms with Gasteiger partial charge in [-0.1, -0.05) is 18.9 Å². The zero-order chi connectivity index (χ0) is 16.4. The van der Waals surface area contributed by atoms with Crippen molar-refractivity contribution in [2.75, 3.05) is 11.4 Å². The van der Waals surface area contributed by atoms with E-state index in [0.717, 1.165) is 18.5 Å². The monoisotopic (exact) mass is 315 g/mol. The van der Waals surface area contributed by atoms with E-state index in [9.17, 15) is 9.59 Å². The second-order valence-corrected chi connectivity index (χ2v) is 6.77. The molecule has 1 heterocycles. The Kier molecular flexibility index (Phi) is 4.55. The van der Waals surface area contributed by atoms with Crippen molar-refractivity contribution in [3.63, 3.8) is 0 Å². The Balaban J connectivity index is 1.58. The van der Waals surface area contributed by atoms with E-state index in [1.165, 1.54) is 24.0 Å². The lowest BCUT2D eigenvalue weighted by molar-refractivity contribution is -0.117. The molecule has 124 valence electrons. The average Bonchev–Trinajstić information content (AvgIpc) is 3.12. The summed E-state index contributed by atoms with van der Waals surface area (Å²) >= 11 is 0. The first-order valence-electron chi connectivity index (χ1n) is 8.47. The topological polar surface area (TPSA) is 61.4 Å². The summed E-state index contributed by atoms with van der Waals surface area (Å²) in [4.78, 5) is 26.1. The standard InChI is InChI=1S/C18H25N3O2/c1-12-7-8-16(9-13(12)2)21-11-15(10-17(21)22)20-18(23)19-14-5-3-4-6-14/h7-9,14-15H,3-6,10-11H2,1-2H3,(H2,19,20,23)/t15-/m0/s1. The molecule has 1 aliphatic carbocycles. The van der Waals surface area contributed by atoms with Crippen LogP contribution in [0.1, 0.15) is 43.2 Å². The van der Waals surface area contributed by atoms with Gasteiger partial charge in [-0.05, 0) is 49.9 Å². The van der Waals surface area contributed by atoms with Crippen molar-refractivity contribution in [3.05, 3.63) is 29.3 Å². The van der Waals surface area contributed by atoms with Crippen LogP contribution in [0.3, 0.4) is 0 Å². The molecule has 5 heteroatoms. The number of amides is 3. The summed E-state index contributed by atoms with van der Waals surface area (Å²) in [6, 6.07) is 6.08. The maximum absolute atomic E-state index is 12.3. The van der Waals surface area contributed by atoms with Gasteiger partial charge in [0.15, 0.2) is 0 Å². The Morgan fingerprint density at radius 3 is 2.48 bits per heavy atom. The third-order valence-electron chi connectivity index (χ3n) is 4.95. The molecule has 2 N–H and O–H groups in total. The highest BCUT2D eigenvalue weighted by Crippen LogP contribution is 2.24. The van der Waals surface area contributed by atoms with E-state index in [1.807, 2.05) is 25.1 Å². The number of hydrogen-bond donors (Lipinski definition) is 2. The number of rotatable bonds is 3. The highest BCUT2D eigenvalue weighted by Gasteiger charge is 2.32. The smallest absolute Gasteiger partial charge is 0.315 e. The molecule has 3 rings (SSSR count). The lowest BCUT2D eigenvalue weighted by Crippen LogP contribution is -2.46. The molecule has 1 saturated carbocycles. The van der Waals surface area contributed by atoms with Crippen molar-refractivity contribution >= 4 is 17.6 Å². The summed E-state index contributed by atoms with van der Waals surface area (Å²) < 4.78 is 0. The van der Waals surface area contributed by atoms with Gasteiger partial charge < -0.3 is 15.5 Å². The molecular formula is C18H25N3O2. The van der Waals surface area contributed by atoms with E-state index in [-0.39, 0.29) is 18.0 Å². The van der Waals surface area contributed by atoms with E-state index < -0.39 is 0 Å². The molecule has 1 atom stereocenters. The second kappa shape index (κ2) is 6.60. The highest BCUT2D eigenvalue weighted by molar-refractivity contribution is 5.96. The van der Waals surface area contributed by atoms with Crippen LogP contribution in [-0.2, 0) is 4.79 Å². The summed E-state index contributed by atoms with van der Waals surface area (Å²) in [6.07, 6.45) is 4.86. The van der Waals surface area contributed by atoms with Gasteiger partial charge >= 0.3 is 6.03 Å². The van der Waals surface area contributed by atoms with E-state index in [0.29, 0.717) is 19.0 Å². The normalized spacial score (nSPS) is 21.7. The van der Waals surface area contributed by atoms with Crippen LogP contribution in [0.25, 0.3) is 0 Å². The molecule has 0 unspecified atom stereocenters. The quantitative estimate of drug-likeness (QED) is 0.901. The molecule has 0 aromatic heterocycles. The number of urea groups is 1. The largest absolute Gasteiger partial charge is 0.335 e. The van der Waals surface area contributed by atoms with Crippen molar-refractivity contribution in [2.45, 2.75) is 58.0 Å². The Bertz CT molecular complexity index is 608. The van der Waals surface area contributed by atoms with Crippen LogP contribution in [-0.4, -0.2) is 30.6 Å². The molecule has 1 aromatic rings. The molecule has 1 aromatic carbocycles. The zero-order valence-corrected chi connectivity index (χ0v) is 13.9. The molecular weight excluding hydrogens is 290 g/mol. The van der Waals surface area contributed by atoms with E-state index in [1.54, 1.807) is 4.90 Å². The number of nitrogens with one attached hydrogen (secondary N) is 2. The van der Waals surface area contributed by atoms with Crippen molar-refractivity contribution in [1.82, 2.24) is 10.6 Å². The Morgan fingerprint density at radius 1 is 1.09 bits per heavy atom. The number of carbonyl (C=O) groups excluding carboxylic acids is 2. The number of anilines is 1. The zero-order valence-electron chi connectivity index (χ0n) is 13.9. The Hall–Kier alpha value is -2.04. The third kappa shape index (κ3) is 3.66. The summed E-state index contributed by atoms with van der Waals surface area (Å²) in [7, 11) is 0. The van der Waals surface area contributed by atoms with Crippen molar-refractivity contribution in [1.29, 1.82) is 0 Å². The summed E-state index contributed by atoms with van der Waals surface area (Å²) in [5.41, 5.74) is 3.30. The predicted molar refractivity (Wildman–Crippen MR) is 90.6 cm³/mol. The van der Waals surface area contributed by atoms with Gasteiger partial charge in [0.25, 0.3) is 0 Å². The Morgan fingerprint density at radius 2 is 1.78 bits per heavy atom. The van der Waals surface area contributed by atoms with Gasteiger partial charge in [-0.2, -0.15) is 0 Å². The van der Waals surface area contributed by atoms with Crippen molar-refractivity contribution < 1.29 is 9.59 Å². The number of nitrogens with zero attached hydrogens (tertiary/aromatic N) is 1. The van der Waals surface area contributed by atoms with Crippen molar-refractivity contribution in [2.24, 2.45) is 0 Å². The summed E-state index contributed by atoms with van der Waals surface area (Å²) in [5, 5.41) is 5.96. The molecule has 1 aliphatic heterocycles. The number of hydrogen-bond acceptors (Lipinski definition) is 2. The first-order valence-corrected chi connectivity index (χ1v) is 8.47. The molecule has 23 heavy (non-hydrogen) atoms. The first kappa shape index (κ1) is 15.8. The number of carbonyl (C=O) groups is 2. The minimum atomic E-state index is -0.142. The summed E-state index contributed by atoms with van der Waals surface area (Å²) in [6.45, 7) is 4.65. The van der Waals surface area contributed by atoms with Gasteiger partial charge in [0.05, 0.1) is 6.04 Å². The molecule has 0 bridgehead atoms. The molecule has 0 radical (unpaired) electrons. The molecule has 1 saturated heterocycles. The SMILES string of the molecule is Cc1ccc(N2C[C@@H](NC(=O)NC3CCCC3)CC2=O)cc1C. The van der Waals surface area contributed by atoms with Crippen LogP contribution in [0.15, 0.2) is 18.2 Å². The number of benzene rings is 1. The minimum absolute atomic E-state index is 0.0689. The van der Waals surface area contributed by atoms with Crippen LogP contribution in [0.4, 0.5) is 10.5 Å². The third-order valence-corrected chi connectivity index (χ3v) is 4.95. The average molecular weight is 315 g/mol. The fourth-order valence-corrected chi connectivity index (χ4v) is 3.43. The van der Waals surface area contributed by atoms with Crippen molar-refractivity contribution in [3.8, 4) is 0 Å². The van der Waals surface area contributed by atoms with Crippen LogP contribution in [0.2, 0.25) is 0 Å². The highest BCUT2D eigenvalue weighted by atomic mass is 16.2. The first-order chi connectivity index (χ1) is 11.0. The van der Waals surface area contributed by atoms with Gasteiger partial charge in [0, 0.05) is 24.7 Å². The molecule has 0 spiro atoms. The van der Waals surface area contributed by atoms with Gasteiger partial charge in [-0.3, -0.25) is 4.79 Å². The fourth-order valence-electron chi connectivity index (χ4n) is 3.43. The van der Waals surface area contributed by atoms with E-state index in [4.69, 9.17) is 0 Å². The lowest BCUT2D eigenvalue weighted by Gasteiger charge is -2.19. The van der Waals surface area contributed by atoms with Crippen LogP contribution >= 0.6 is 0 Å². The predicted octanol–water partition coefficient (Wildman–Crippen LogP) is 2.65. The molecule has 2 aliphatic rings. The molecule has 5 nitrogen and oxygen atoms in total. The maximum atomic E-state index is 12.3. The van der Waals surface area contributed by atoms with Gasteiger partial charge in [-0.25, -0.2) is 4.79 Å². The van der Waals surface area contributed by atoms with E-state index >= 15 is 0 Å². The molecule has 2 fully saturated rings. The van der Waals surface area contributed by atoms with Crippen LogP contribution in [0.5, 0.6) is 0 Å². The lowest BCUT2D eigenvalue weighted by atomic mass is 10.1. The van der Waals surface area contributed by atoms with E-state index in [2.05, 4.69) is 17.6 Å². The minimum Gasteiger partial charge on any atom is -0.335 e. The Labute approximate surface area is 137 Å². The molecule has 3 amide bonds. The second-order valence-electron chi connectivity index (χ2n) is 6.77. The summed E-state index contributed by atoms with van der Waals surface area (Å²) in [5.74, 6) is 0.0689. The maximum Gasteiger partial charge on any atom is 0.315 e. The van der Waals surface area contributed by atoms with Gasteiger partial charge in [0.2, 0.25) is 5.91 Å². The van der Waals surface area contributed by atoms with Crippen LogP contribution in [0, 0.1) is 13.8 Å². The van der Waals surface area contributed by atoms with Gasteiger partial charge in [0.1, 0.15) is 0 Å². The van der Waals surface area contributed by atoms with Crippen LogP contribution < -0.4 is 15.5 Å². The number of aryl methyl sites for hydroxylation is 2. The fraction of sp³-hybridized carbons (Fsp3) is 0.556. The van der Waals surface area contributed by atoms with Gasteiger partial charge in [-0.15, -0.1) is 0 Å².